The molecule has 0 aliphatic carbocycles. The summed E-state index contributed by atoms with van der Waals surface area (Å²) in [5.41, 5.74) is 5.20. The van der Waals surface area contributed by atoms with Crippen molar-refractivity contribution in [3.05, 3.63) is 95.5 Å². The predicted octanol–water partition coefficient (Wildman–Crippen LogP) is 5.50. The first-order chi connectivity index (χ1) is 17.2. The van der Waals surface area contributed by atoms with Gasteiger partial charge in [-0.15, -0.1) is 10.2 Å². The van der Waals surface area contributed by atoms with E-state index in [0.717, 1.165) is 22.6 Å². The first kappa shape index (κ1) is 24.3. The normalized spacial score (nSPS) is 11.3. The number of ether oxygens (including phenoxy) is 1. The SMILES string of the molecule is COc1ccccc1C=CC=NNC(=O)CSc1nnc(-c2ccccc2)n1-c1ccc(Cl)cc1. The lowest BCUT2D eigenvalue weighted by Crippen LogP contribution is -2.19. The summed E-state index contributed by atoms with van der Waals surface area (Å²) >= 11 is 7.34. The fourth-order valence-corrected chi connectivity index (χ4v) is 4.10. The summed E-state index contributed by atoms with van der Waals surface area (Å²) in [5, 5.41) is 13.9. The topological polar surface area (TPSA) is 81.4 Å². The molecule has 35 heavy (non-hydrogen) atoms. The van der Waals surface area contributed by atoms with Crippen molar-refractivity contribution < 1.29 is 9.53 Å². The molecule has 7 nitrogen and oxygen atoms in total. The van der Waals surface area contributed by atoms with Gasteiger partial charge in [0.2, 0.25) is 0 Å². The summed E-state index contributed by atoms with van der Waals surface area (Å²) < 4.78 is 7.21. The smallest absolute Gasteiger partial charge is 0.250 e. The van der Waals surface area contributed by atoms with E-state index < -0.39 is 0 Å². The highest BCUT2D eigenvalue weighted by Crippen LogP contribution is 2.28. The van der Waals surface area contributed by atoms with Crippen LogP contribution in [-0.4, -0.2) is 39.7 Å². The second-order valence-electron chi connectivity index (χ2n) is 7.19. The van der Waals surface area contributed by atoms with Gasteiger partial charge in [0.25, 0.3) is 5.91 Å². The van der Waals surface area contributed by atoms with Gasteiger partial charge in [-0.1, -0.05) is 71.9 Å². The summed E-state index contributed by atoms with van der Waals surface area (Å²) in [5.74, 6) is 1.30. The second-order valence-corrected chi connectivity index (χ2v) is 8.57. The van der Waals surface area contributed by atoms with E-state index in [4.69, 9.17) is 16.3 Å². The summed E-state index contributed by atoms with van der Waals surface area (Å²) in [7, 11) is 1.62. The van der Waals surface area contributed by atoms with E-state index in [1.165, 1.54) is 18.0 Å². The molecule has 0 atom stereocenters. The molecule has 0 bridgehead atoms. The molecule has 0 saturated carbocycles. The van der Waals surface area contributed by atoms with E-state index in [1.54, 1.807) is 25.3 Å². The lowest BCUT2D eigenvalue weighted by Gasteiger charge is -2.10. The quantitative estimate of drug-likeness (QED) is 0.185. The highest BCUT2D eigenvalue weighted by Gasteiger charge is 2.17. The van der Waals surface area contributed by atoms with Crippen LogP contribution in [0.4, 0.5) is 0 Å². The molecule has 0 fully saturated rings. The molecule has 9 heteroatoms. The molecule has 1 aromatic heterocycles. The van der Waals surface area contributed by atoms with Crippen LogP contribution < -0.4 is 10.2 Å². The van der Waals surface area contributed by atoms with Crippen LogP contribution in [-0.2, 0) is 4.79 Å². The van der Waals surface area contributed by atoms with E-state index >= 15 is 0 Å². The third-order valence-corrected chi connectivity index (χ3v) is 6.03. The summed E-state index contributed by atoms with van der Waals surface area (Å²) in [6.45, 7) is 0. The second kappa shape index (κ2) is 12.0. The number of para-hydroxylation sites is 1. The Kier molecular flexibility index (Phi) is 8.32. The Balaban J connectivity index is 1.42. The number of amides is 1. The molecule has 4 rings (SSSR count). The van der Waals surface area contributed by atoms with Crippen LogP contribution in [0, 0.1) is 0 Å². The van der Waals surface area contributed by atoms with Crippen molar-refractivity contribution in [2.24, 2.45) is 5.10 Å². The molecular weight excluding hydrogens is 482 g/mol. The van der Waals surface area contributed by atoms with Crippen LogP contribution in [0.2, 0.25) is 5.02 Å². The highest BCUT2D eigenvalue weighted by atomic mass is 35.5. The van der Waals surface area contributed by atoms with Gasteiger partial charge >= 0.3 is 0 Å². The number of carbonyl (C=O) groups excluding carboxylic acids is 1. The van der Waals surface area contributed by atoms with Gasteiger partial charge in [-0.3, -0.25) is 9.36 Å². The maximum atomic E-state index is 12.4. The van der Waals surface area contributed by atoms with Crippen LogP contribution in [0.25, 0.3) is 23.2 Å². The number of nitrogens with one attached hydrogen (secondary N) is 1. The minimum absolute atomic E-state index is 0.119. The molecule has 0 aliphatic heterocycles. The maximum absolute atomic E-state index is 12.4. The van der Waals surface area contributed by atoms with E-state index in [9.17, 15) is 4.79 Å². The predicted molar refractivity (Wildman–Crippen MR) is 141 cm³/mol. The van der Waals surface area contributed by atoms with Gasteiger partial charge in [0, 0.05) is 28.1 Å². The number of aromatic nitrogens is 3. The lowest BCUT2D eigenvalue weighted by molar-refractivity contribution is -0.118. The number of hydrogen-bond acceptors (Lipinski definition) is 6. The van der Waals surface area contributed by atoms with Crippen LogP contribution in [0.1, 0.15) is 5.56 Å². The van der Waals surface area contributed by atoms with Gasteiger partial charge in [-0.05, 0) is 42.5 Å². The average Bonchev–Trinajstić information content (AvgIpc) is 3.32. The Labute approximate surface area is 212 Å². The fourth-order valence-electron chi connectivity index (χ4n) is 3.23. The number of allylic oxidation sites excluding steroid dienone is 1. The standard InChI is InChI=1S/C26H22ClN5O2S/c1-34-23-12-6-5-8-19(23)11-7-17-28-29-24(33)18-35-26-31-30-25(20-9-3-2-4-10-20)32(26)22-15-13-21(27)14-16-22/h2-17H,18H2,1H3,(H,29,33). The largest absolute Gasteiger partial charge is 0.496 e. The van der Waals surface area contributed by atoms with Crippen LogP contribution in [0.5, 0.6) is 5.75 Å². The van der Waals surface area contributed by atoms with Crippen molar-refractivity contribution in [1.29, 1.82) is 0 Å². The Bertz CT molecular complexity index is 1340. The molecular formula is C26H22ClN5O2S. The summed E-state index contributed by atoms with van der Waals surface area (Å²) in [4.78, 5) is 12.4. The van der Waals surface area contributed by atoms with Gasteiger partial charge < -0.3 is 4.74 Å². The van der Waals surface area contributed by atoms with Crippen molar-refractivity contribution in [1.82, 2.24) is 20.2 Å². The highest BCUT2D eigenvalue weighted by molar-refractivity contribution is 7.99. The first-order valence-corrected chi connectivity index (χ1v) is 12.0. The van der Waals surface area contributed by atoms with Gasteiger partial charge in [0.05, 0.1) is 12.9 Å². The zero-order valence-electron chi connectivity index (χ0n) is 18.8. The monoisotopic (exact) mass is 503 g/mol. The zero-order valence-corrected chi connectivity index (χ0v) is 20.4. The Morgan fingerprint density at radius 3 is 2.57 bits per heavy atom. The molecule has 1 heterocycles. The fraction of sp³-hybridized carbons (Fsp3) is 0.0769. The molecule has 0 aliphatic rings. The van der Waals surface area contributed by atoms with Crippen LogP contribution in [0.15, 0.2) is 95.2 Å². The number of rotatable bonds is 9. The Hall–Kier alpha value is -3.88. The molecule has 0 saturated heterocycles. The molecule has 176 valence electrons. The number of thioether (sulfide) groups is 1. The maximum Gasteiger partial charge on any atom is 0.250 e. The molecule has 1 amide bonds. The van der Waals surface area contributed by atoms with Crippen molar-refractivity contribution in [3.63, 3.8) is 0 Å². The van der Waals surface area contributed by atoms with Gasteiger partial charge in [0.15, 0.2) is 11.0 Å². The molecule has 0 unspecified atom stereocenters. The minimum Gasteiger partial charge on any atom is -0.496 e. The Morgan fingerprint density at radius 2 is 1.80 bits per heavy atom. The van der Waals surface area contributed by atoms with Crippen LogP contribution in [0.3, 0.4) is 0 Å². The van der Waals surface area contributed by atoms with E-state index in [-0.39, 0.29) is 11.7 Å². The van der Waals surface area contributed by atoms with E-state index in [1.807, 2.05) is 77.4 Å². The lowest BCUT2D eigenvalue weighted by atomic mass is 10.2. The van der Waals surface area contributed by atoms with E-state index in [0.29, 0.717) is 16.0 Å². The number of hydrazone groups is 1. The van der Waals surface area contributed by atoms with Gasteiger partial charge in [0.1, 0.15) is 5.75 Å². The molecule has 4 aromatic rings. The molecule has 0 spiro atoms. The third kappa shape index (κ3) is 6.38. The number of halogens is 1. The summed E-state index contributed by atoms with van der Waals surface area (Å²) in [6, 6.07) is 24.8. The average molecular weight is 504 g/mol. The number of benzene rings is 3. The third-order valence-electron chi connectivity index (χ3n) is 4.85. The van der Waals surface area contributed by atoms with Gasteiger partial charge in [-0.25, -0.2) is 5.43 Å². The number of methoxy groups -OCH3 is 1. The number of carbonyl (C=O) groups is 1. The Morgan fingerprint density at radius 1 is 1.06 bits per heavy atom. The van der Waals surface area contributed by atoms with Crippen LogP contribution >= 0.6 is 23.4 Å². The minimum atomic E-state index is -0.260. The molecule has 3 aromatic carbocycles. The number of nitrogens with zero attached hydrogens (tertiary/aromatic N) is 4. The van der Waals surface area contributed by atoms with Gasteiger partial charge in [-0.2, -0.15) is 5.10 Å². The zero-order chi connectivity index (χ0) is 24.5. The van der Waals surface area contributed by atoms with E-state index in [2.05, 4.69) is 20.7 Å². The molecule has 1 N–H and O–H groups in total. The van der Waals surface area contributed by atoms with Crippen molar-refractivity contribution in [2.45, 2.75) is 5.16 Å². The van der Waals surface area contributed by atoms with Crippen molar-refractivity contribution in [3.8, 4) is 22.8 Å². The summed E-state index contributed by atoms with van der Waals surface area (Å²) in [6.07, 6.45) is 5.09. The molecule has 0 radical (unpaired) electrons. The van der Waals surface area contributed by atoms with Crippen molar-refractivity contribution >= 4 is 41.6 Å². The first-order valence-electron chi connectivity index (χ1n) is 10.7. The van der Waals surface area contributed by atoms with Crippen molar-refractivity contribution in [2.75, 3.05) is 12.9 Å². The number of hydrogen-bond donors (Lipinski definition) is 1.